The van der Waals surface area contributed by atoms with Gasteiger partial charge in [-0.25, -0.2) is 19.6 Å². The van der Waals surface area contributed by atoms with Crippen LogP contribution >= 0.6 is 0 Å². The number of carbonyl (C=O) groups is 2. The molecule has 0 saturated carbocycles. The number of hydrogen-bond acceptors (Lipinski definition) is 8. The van der Waals surface area contributed by atoms with Crippen LogP contribution in [-0.4, -0.2) is 33.1 Å². The van der Waals surface area contributed by atoms with Crippen LogP contribution in [0.1, 0.15) is 85.5 Å². The summed E-state index contributed by atoms with van der Waals surface area (Å²) in [5.74, 6) is 0.334. The number of pyridine rings is 2. The number of carbonyl (C=O) groups excluding carboxylic acids is 2. The van der Waals surface area contributed by atoms with E-state index in [-0.39, 0.29) is 23.8 Å². The fourth-order valence-electron chi connectivity index (χ4n) is 3.41. The lowest BCUT2D eigenvalue weighted by atomic mass is 9.84. The molecular weight excluding hydrogens is 384 g/mol. The van der Waals surface area contributed by atoms with Gasteiger partial charge in [-0.05, 0) is 52.0 Å². The Balaban J connectivity index is 0.000000171. The van der Waals surface area contributed by atoms with E-state index in [1.54, 1.807) is 24.3 Å². The minimum atomic E-state index is -0.523. The molecule has 0 amide bonds. The minimum Gasteiger partial charge on any atom is -0.455 e. The molecule has 2 aliphatic rings. The van der Waals surface area contributed by atoms with E-state index in [4.69, 9.17) is 20.9 Å². The Kier molecular flexibility index (Phi) is 5.22. The van der Waals surface area contributed by atoms with E-state index < -0.39 is 11.2 Å². The molecule has 0 radical (unpaired) electrons. The molecule has 8 nitrogen and oxygen atoms in total. The van der Waals surface area contributed by atoms with Crippen molar-refractivity contribution in [3.63, 3.8) is 0 Å². The Morgan fingerprint density at radius 3 is 1.40 bits per heavy atom. The smallest absolute Gasteiger partial charge is 0.340 e. The van der Waals surface area contributed by atoms with Crippen LogP contribution in [0.2, 0.25) is 0 Å². The molecule has 2 aliphatic heterocycles. The third kappa shape index (κ3) is 3.81. The highest BCUT2D eigenvalue weighted by atomic mass is 16.6. The zero-order valence-corrected chi connectivity index (χ0v) is 18.1. The lowest BCUT2D eigenvalue weighted by Gasteiger charge is -2.36. The van der Waals surface area contributed by atoms with Crippen LogP contribution in [0.4, 0.5) is 11.6 Å². The first-order chi connectivity index (χ1) is 13.8. The van der Waals surface area contributed by atoms with Gasteiger partial charge in [-0.3, -0.25) is 0 Å². The largest absolute Gasteiger partial charge is 0.455 e. The third-order valence-electron chi connectivity index (χ3n) is 5.95. The zero-order chi connectivity index (χ0) is 22.4. The number of hydrogen-bond donors (Lipinski definition) is 2. The monoisotopic (exact) mass is 412 g/mol. The summed E-state index contributed by atoms with van der Waals surface area (Å²) in [6.45, 7) is 11.5. The van der Waals surface area contributed by atoms with Crippen LogP contribution in [0.3, 0.4) is 0 Å². The molecule has 0 unspecified atom stereocenters. The van der Waals surface area contributed by atoms with Gasteiger partial charge < -0.3 is 20.9 Å². The molecule has 2 aromatic rings. The zero-order valence-electron chi connectivity index (χ0n) is 18.1. The summed E-state index contributed by atoms with van der Waals surface area (Å²) in [7, 11) is 0. The van der Waals surface area contributed by atoms with E-state index >= 15 is 0 Å². The van der Waals surface area contributed by atoms with E-state index in [0.29, 0.717) is 22.8 Å². The Labute approximate surface area is 176 Å². The van der Waals surface area contributed by atoms with Crippen LogP contribution < -0.4 is 11.5 Å². The average Bonchev–Trinajstić information content (AvgIpc) is 2.64. The predicted molar refractivity (Wildman–Crippen MR) is 113 cm³/mol. The van der Waals surface area contributed by atoms with Gasteiger partial charge in [0.15, 0.2) is 0 Å². The van der Waals surface area contributed by atoms with Crippen molar-refractivity contribution >= 4 is 23.6 Å². The summed E-state index contributed by atoms with van der Waals surface area (Å²) in [6.07, 6.45) is 0. The lowest BCUT2D eigenvalue weighted by molar-refractivity contribution is -0.0199. The summed E-state index contributed by atoms with van der Waals surface area (Å²) < 4.78 is 10.7. The number of fused-ring (bicyclic) bond motifs is 2. The van der Waals surface area contributed by atoms with Gasteiger partial charge in [-0.1, -0.05) is 13.8 Å². The van der Waals surface area contributed by atoms with Crippen molar-refractivity contribution < 1.29 is 19.1 Å². The maximum atomic E-state index is 11.7. The van der Waals surface area contributed by atoms with E-state index in [9.17, 15) is 9.59 Å². The van der Waals surface area contributed by atoms with Crippen LogP contribution in [0.5, 0.6) is 0 Å². The van der Waals surface area contributed by atoms with Crippen molar-refractivity contribution in [2.75, 3.05) is 11.5 Å². The normalized spacial score (nSPS) is 23.1. The highest BCUT2D eigenvalue weighted by molar-refractivity contribution is 5.93. The fraction of sp³-hybridized carbons (Fsp3) is 0.455. The number of cyclic esters (lactones) is 2. The second-order valence-electron chi connectivity index (χ2n) is 8.77. The third-order valence-corrected chi connectivity index (χ3v) is 5.95. The molecule has 4 heterocycles. The summed E-state index contributed by atoms with van der Waals surface area (Å²) in [5.41, 5.74) is 12.7. The molecule has 4 rings (SSSR count). The topological polar surface area (TPSA) is 130 Å². The number of nitrogen functional groups attached to an aromatic ring is 2. The number of ether oxygens (including phenoxy) is 2. The molecular formula is C22H28N4O4. The van der Waals surface area contributed by atoms with Crippen molar-refractivity contribution in [1.82, 2.24) is 9.97 Å². The molecule has 0 fully saturated rings. The van der Waals surface area contributed by atoms with Crippen molar-refractivity contribution in [2.45, 2.75) is 64.6 Å². The Bertz CT molecular complexity index is 935. The van der Waals surface area contributed by atoms with Gasteiger partial charge in [0.05, 0.1) is 22.5 Å². The first-order valence-corrected chi connectivity index (χ1v) is 9.83. The molecule has 0 aromatic carbocycles. The standard InChI is InChI=1S/2C11H14N2O2/c2*1-6-9-7(4-5-8(12)13-9)10(14)15-11(6,2)3/h2*4-6H,1-3H3,(H2,12,13)/t2*6-/m10/s1. The molecule has 30 heavy (non-hydrogen) atoms. The maximum Gasteiger partial charge on any atom is 0.340 e. The summed E-state index contributed by atoms with van der Waals surface area (Å²) in [6, 6.07) is 6.58. The molecule has 0 spiro atoms. The Hall–Kier alpha value is -3.16. The van der Waals surface area contributed by atoms with Gasteiger partial charge in [0, 0.05) is 11.8 Å². The van der Waals surface area contributed by atoms with Crippen LogP contribution in [0, 0.1) is 0 Å². The Morgan fingerprint density at radius 1 is 0.733 bits per heavy atom. The second kappa shape index (κ2) is 7.27. The second-order valence-corrected chi connectivity index (χ2v) is 8.77. The van der Waals surface area contributed by atoms with Gasteiger partial charge in [-0.15, -0.1) is 0 Å². The van der Waals surface area contributed by atoms with Gasteiger partial charge >= 0.3 is 11.9 Å². The number of nitrogens with zero attached hydrogens (tertiary/aromatic N) is 2. The highest BCUT2D eigenvalue weighted by Gasteiger charge is 2.41. The first kappa shape index (κ1) is 21.5. The SMILES string of the molecule is C[C@@H]1c2nc(N)ccc2C(=O)OC1(C)C.C[C@H]1c2nc(N)ccc2C(=O)OC1(C)C. The number of rotatable bonds is 0. The average molecular weight is 412 g/mol. The lowest BCUT2D eigenvalue weighted by Crippen LogP contribution is -2.39. The first-order valence-electron chi connectivity index (χ1n) is 9.83. The molecule has 2 atom stereocenters. The van der Waals surface area contributed by atoms with Crippen LogP contribution in [0.15, 0.2) is 24.3 Å². The molecule has 160 valence electrons. The van der Waals surface area contributed by atoms with Crippen molar-refractivity contribution in [3.8, 4) is 0 Å². The van der Waals surface area contributed by atoms with Gasteiger partial charge in [0.25, 0.3) is 0 Å². The number of anilines is 2. The molecule has 0 saturated heterocycles. The molecule has 4 N–H and O–H groups in total. The quantitative estimate of drug-likeness (QED) is 0.629. The van der Waals surface area contributed by atoms with Crippen LogP contribution in [0.25, 0.3) is 0 Å². The van der Waals surface area contributed by atoms with E-state index in [2.05, 4.69) is 9.97 Å². The number of aromatic nitrogens is 2. The molecule has 2 aromatic heterocycles. The molecule has 0 aliphatic carbocycles. The van der Waals surface area contributed by atoms with E-state index in [1.807, 2.05) is 41.5 Å². The number of esters is 2. The maximum absolute atomic E-state index is 11.7. The van der Waals surface area contributed by atoms with Crippen molar-refractivity contribution in [2.24, 2.45) is 0 Å². The fourth-order valence-corrected chi connectivity index (χ4v) is 3.41. The minimum absolute atomic E-state index is 0.0497. The number of nitrogens with two attached hydrogens (primary N) is 2. The van der Waals surface area contributed by atoms with Gasteiger partial charge in [-0.2, -0.15) is 0 Å². The summed E-state index contributed by atoms with van der Waals surface area (Å²) in [5, 5.41) is 0. The summed E-state index contributed by atoms with van der Waals surface area (Å²) in [4.78, 5) is 31.7. The van der Waals surface area contributed by atoms with Crippen LogP contribution in [-0.2, 0) is 9.47 Å². The summed E-state index contributed by atoms with van der Waals surface area (Å²) >= 11 is 0. The molecule has 8 heteroatoms. The van der Waals surface area contributed by atoms with Gasteiger partial charge in [0.1, 0.15) is 22.8 Å². The van der Waals surface area contributed by atoms with Crippen molar-refractivity contribution in [1.29, 1.82) is 0 Å². The highest BCUT2D eigenvalue weighted by Crippen LogP contribution is 2.38. The van der Waals surface area contributed by atoms with E-state index in [1.165, 1.54) is 0 Å². The van der Waals surface area contributed by atoms with Crippen molar-refractivity contribution in [3.05, 3.63) is 46.8 Å². The predicted octanol–water partition coefficient (Wildman–Crippen LogP) is 3.43. The van der Waals surface area contributed by atoms with E-state index in [0.717, 1.165) is 11.4 Å². The van der Waals surface area contributed by atoms with Gasteiger partial charge in [0.2, 0.25) is 0 Å². The Morgan fingerprint density at radius 2 is 1.07 bits per heavy atom. The molecule has 0 bridgehead atoms.